The van der Waals surface area contributed by atoms with Crippen LogP contribution in [0.1, 0.15) is 11.1 Å². The van der Waals surface area contributed by atoms with Gasteiger partial charge in [0.1, 0.15) is 11.5 Å². The Labute approximate surface area is 350 Å². The van der Waals surface area contributed by atoms with Gasteiger partial charge in [0.2, 0.25) is 0 Å². The molecule has 0 aliphatic rings. The van der Waals surface area contributed by atoms with Crippen LogP contribution in [0.2, 0.25) is 0 Å². The number of aliphatic imine (C=N–C) groups is 2. The third-order valence-electron chi connectivity index (χ3n) is 8.89. The van der Waals surface area contributed by atoms with Crippen molar-refractivity contribution in [3.8, 4) is 56.0 Å². The summed E-state index contributed by atoms with van der Waals surface area (Å²) in [6.45, 7) is 0. The number of phenolic OH excluding ortho intramolecular Hbond substituents is 2. The van der Waals surface area contributed by atoms with E-state index < -0.39 is 17.0 Å². The summed E-state index contributed by atoms with van der Waals surface area (Å²) in [6.07, 6.45) is 3.81. The third kappa shape index (κ3) is 11.5. The second-order valence-electron chi connectivity index (χ2n) is 12.6. The zero-order valence-corrected chi connectivity index (χ0v) is 33.9. The molecule has 0 saturated carbocycles. The van der Waals surface area contributed by atoms with E-state index in [0.29, 0.717) is 0 Å². The van der Waals surface area contributed by atoms with Crippen LogP contribution in [0.15, 0.2) is 216 Å². The molecule has 0 heterocycles. The summed E-state index contributed by atoms with van der Waals surface area (Å²) >= 11 is -0.556. The third-order valence-corrected chi connectivity index (χ3v) is 8.89. The second-order valence-corrected chi connectivity index (χ2v) is 15.2. The van der Waals surface area contributed by atoms with Crippen molar-refractivity contribution >= 4 is 42.4 Å². The van der Waals surface area contributed by atoms with Gasteiger partial charge in [0, 0.05) is 23.6 Å². The van der Waals surface area contributed by atoms with Crippen LogP contribution in [0.4, 0.5) is 11.4 Å². The van der Waals surface area contributed by atoms with Crippen molar-refractivity contribution < 1.29 is 27.2 Å². The Morgan fingerprint density at radius 3 is 1.00 bits per heavy atom. The molecule has 0 aliphatic carbocycles. The van der Waals surface area contributed by atoms with Gasteiger partial charge in [0.05, 0.1) is 11.4 Å². The van der Waals surface area contributed by atoms with E-state index in [4.69, 9.17) is 18.6 Å². The molecule has 0 aromatic heterocycles. The fourth-order valence-electron chi connectivity index (χ4n) is 6.29. The van der Waals surface area contributed by atoms with Crippen LogP contribution in [0.3, 0.4) is 0 Å². The molecule has 7 heteroatoms. The summed E-state index contributed by atoms with van der Waals surface area (Å²) in [5, 5.41) is 19.4. The molecule has 0 fully saturated rings. The van der Waals surface area contributed by atoms with Gasteiger partial charge in [-0.15, -0.1) is 0 Å². The van der Waals surface area contributed by atoms with E-state index in [2.05, 4.69) is 70.6 Å². The summed E-state index contributed by atoms with van der Waals surface area (Å²) in [5.74, 6) is 0.519. The van der Waals surface area contributed by atoms with Crippen LogP contribution >= 0.6 is 18.6 Å². The number of halogens is 2. The zero-order valence-electron chi connectivity index (χ0n) is 30.8. The maximum absolute atomic E-state index is 9.68. The quantitative estimate of drug-likeness (QED) is 0.118. The molecule has 0 spiro atoms. The monoisotopic (exact) mass is 816 g/mol. The molecule has 0 unspecified atom stereocenters. The van der Waals surface area contributed by atoms with Crippen molar-refractivity contribution in [2.75, 3.05) is 0 Å². The number of phenols is 2. The molecule has 2 N–H and O–H groups in total. The Hall–Kier alpha value is -6.01. The first-order valence-corrected chi connectivity index (χ1v) is 22.4. The van der Waals surface area contributed by atoms with Crippen LogP contribution in [-0.4, -0.2) is 22.6 Å². The SMILES string of the molecule is Oc1ccc(-c2c(C=Nc3ccccc3)cccc2-c2ccccc2)cc1.Oc1ccc(-c2c(C=Nc3ccccc3)cccc2-c2ccccc2)cc1.[Cl][Ti][Cl]. The number of benzene rings is 8. The zero-order chi connectivity index (χ0) is 39.7. The van der Waals surface area contributed by atoms with E-state index in [9.17, 15) is 10.2 Å². The van der Waals surface area contributed by atoms with E-state index in [0.717, 1.165) is 67.0 Å². The number of nitrogens with zero attached hydrogens (tertiary/aromatic N) is 2. The van der Waals surface area contributed by atoms with Crippen molar-refractivity contribution in [3.63, 3.8) is 0 Å². The average molecular weight is 818 g/mol. The van der Waals surface area contributed by atoms with Crippen LogP contribution in [0, 0.1) is 0 Å². The Balaban J connectivity index is 0.000000180. The standard InChI is InChI=1S/2C25H19NO.2ClH.Ti/c2*27-23-16-14-20(15-17-23)25-21(18-26-22-11-5-2-6-12-22)10-7-13-24(25)19-8-3-1-4-9-19;;;/h2*1-18,27H;2*1H;/q;;;;+2/p-2. The Kier molecular flexibility index (Phi) is 15.2. The summed E-state index contributed by atoms with van der Waals surface area (Å²) in [4.78, 5) is 9.28. The van der Waals surface area contributed by atoms with Crippen molar-refractivity contribution in [3.05, 3.63) is 217 Å². The van der Waals surface area contributed by atoms with Crippen LogP contribution in [0.25, 0.3) is 44.5 Å². The summed E-state index contributed by atoms with van der Waals surface area (Å²) < 4.78 is 0. The predicted molar refractivity (Wildman–Crippen MR) is 237 cm³/mol. The van der Waals surface area contributed by atoms with Gasteiger partial charge < -0.3 is 10.2 Å². The van der Waals surface area contributed by atoms with Gasteiger partial charge in [-0.3, -0.25) is 9.98 Å². The number of hydrogen-bond donors (Lipinski definition) is 2. The summed E-state index contributed by atoms with van der Waals surface area (Å²) in [7, 11) is 9.78. The first kappa shape index (κ1) is 40.7. The number of aromatic hydroxyl groups is 2. The fraction of sp³-hybridized carbons (Fsp3) is 0. The van der Waals surface area contributed by atoms with E-state index in [1.165, 1.54) is 0 Å². The first-order valence-electron chi connectivity index (χ1n) is 18.1. The molecule has 4 nitrogen and oxygen atoms in total. The van der Waals surface area contributed by atoms with Crippen LogP contribution in [0.5, 0.6) is 11.5 Å². The average Bonchev–Trinajstić information content (AvgIpc) is 3.27. The molecule has 57 heavy (non-hydrogen) atoms. The molecule has 0 amide bonds. The molecule has 8 aromatic rings. The maximum atomic E-state index is 9.68. The first-order chi connectivity index (χ1) is 28.0. The predicted octanol–water partition coefficient (Wildman–Crippen LogP) is 14.3. The minimum absolute atomic E-state index is 0.260. The molecular weight excluding hydrogens is 779 g/mol. The van der Waals surface area contributed by atoms with Crippen LogP contribution < -0.4 is 0 Å². The molecule has 278 valence electrons. The van der Waals surface area contributed by atoms with Gasteiger partial charge in [0.25, 0.3) is 0 Å². The molecule has 8 aromatic carbocycles. The fourth-order valence-corrected chi connectivity index (χ4v) is 6.29. The number of hydrogen-bond acceptors (Lipinski definition) is 4. The van der Waals surface area contributed by atoms with Gasteiger partial charge in [-0.25, -0.2) is 0 Å². The Morgan fingerprint density at radius 1 is 0.351 bits per heavy atom. The van der Waals surface area contributed by atoms with Gasteiger partial charge in [-0.1, -0.05) is 158 Å². The van der Waals surface area contributed by atoms with Crippen molar-refractivity contribution in [1.82, 2.24) is 0 Å². The molecule has 8 rings (SSSR count). The summed E-state index contributed by atoms with van der Waals surface area (Å²) in [6, 6.07) is 67.6. The number of para-hydroxylation sites is 2. The summed E-state index contributed by atoms with van der Waals surface area (Å²) in [5.41, 5.74) is 12.8. The molecule has 0 aliphatic heterocycles. The normalized spacial score (nSPS) is 10.6. The van der Waals surface area contributed by atoms with Gasteiger partial charge in [-0.05, 0) is 93.0 Å². The molecule has 0 atom stereocenters. The Bertz CT molecular complexity index is 2320. The van der Waals surface area contributed by atoms with E-state index in [1.54, 1.807) is 24.3 Å². The molecule has 0 bridgehead atoms. The van der Waals surface area contributed by atoms with Gasteiger partial charge in [-0.2, -0.15) is 0 Å². The van der Waals surface area contributed by atoms with E-state index >= 15 is 0 Å². The Morgan fingerprint density at radius 2 is 0.667 bits per heavy atom. The molecule has 0 radical (unpaired) electrons. The van der Waals surface area contributed by atoms with Crippen molar-refractivity contribution in [1.29, 1.82) is 0 Å². The van der Waals surface area contributed by atoms with Crippen molar-refractivity contribution in [2.45, 2.75) is 0 Å². The number of rotatable bonds is 8. The van der Waals surface area contributed by atoms with Gasteiger partial charge >= 0.3 is 35.6 Å². The van der Waals surface area contributed by atoms with E-state index in [1.807, 2.05) is 134 Å². The second kappa shape index (κ2) is 21.3. The van der Waals surface area contributed by atoms with E-state index in [-0.39, 0.29) is 11.5 Å². The van der Waals surface area contributed by atoms with Crippen molar-refractivity contribution in [2.24, 2.45) is 9.98 Å². The minimum atomic E-state index is -0.556. The van der Waals surface area contributed by atoms with Crippen LogP contribution in [-0.2, 0) is 17.0 Å². The van der Waals surface area contributed by atoms with Gasteiger partial charge in [0.15, 0.2) is 0 Å². The molecular formula is C50H38Cl2N2O2Ti. The topological polar surface area (TPSA) is 65.2 Å². The molecule has 0 saturated heterocycles.